The fourth-order valence-corrected chi connectivity index (χ4v) is 3.77. The molecule has 0 spiro atoms. The van der Waals surface area contributed by atoms with Crippen LogP contribution in [0, 0.1) is 0 Å². The van der Waals surface area contributed by atoms with Gasteiger partial charge in [0.25, 0.3) is 0 Å². The predicted octanol–water partition coefficient (Wildman–Crippen LogP) is 1.40. The first-order valence-corrected chi connectivity index (χ1v) is 8.32. The van der Waals surface area contributed by atoms with Crippen molar-refractivity contribution in [2.45, 2.75) is 30.2 Å². The SMILES string of the molecule is O=C1NCCCCC1NS(=O)(=O)c1cccc(Br)c1. The topological polar surface area (TPSA) is 75.3 Å². The molecule has 2 N–H and O–H groups in total. The van der Waals surface area contributed by atoms with Crippen LogP contribution in [-0.2, 0) is 14.8 Å². The largest absolute Gasteiger partial charge is 0.355 e. The van der Waals surface area contributed by atoms with E-state index in [0.717, 1.165) is 12.8 Å². The van der Waals surface area contributed by atoms with Gasteiger partial charge in [0, 0.05) is 11.0 Å². The summed E-state index contributed by atoms with van der Waals surface area (Å²) in [4.78, 5) is 11.9. The molecule has 1 aliphatic rings. The van der Waals surface area contributed by atoms with E-state index in [1.807, 2.05) is 0 Å². The van der Waals surface area contributed by atoms with Gasteiger partial charge in [-0.3, -0.25) is 4.79 Å². The molecular weight excluding hydrogens is 332 g/mol. The Morgan fingerprint density at radius 1 is 1.32 bits per heavy atom. The van der Waals surface area contributed by atoms with Crippen LogP contribution in [0.5, 0.6) is 0 Å². The Morgan fingerprint density at radius 3 is 2.84 bits per heavy atom. The normalized spacial score (nSPS) is 20.7. The van der Waals surface area contributed by atoms with Crippen LogP contribution < -0.4 is 10.0 Å². The molecule has 104 valence electrons. The smallest absolute Gasteiger partial charge is 0.241 e. The van der Waals surface area contributed by atoms with Gasteiger partial charge in [-0.15, -0.1) is 0 Å². The molecule has 0 radical (unpaired) electrons. The van der Waals surface area contributed by atoms with E-state index in [0.29, 0.717) is 17.4 Å². The zero-order valence-corrected chi connectivity index (χ0v) is 12.6. The van der Waals surface area contributed by atoms with E-state index in [-0.39, 0.29) is 10.8 Å². The number of sulfonamides is 1. The second-order valence-electron chi connectivity index (χ2n) is 4.42. The third kappa shape index (κ3) is 3.77. The minimum Gasteiger partial charge on any atom is -0.355 e. The summed E-state index contributed by atoms with van der Waals surface area (Å²) in [6.45, 7) is 0.605. The molecule has 0 aromatic heterocycles. The molecule has 1 aliphatic heterocycles. The number of hydrogen-bond acceptors (Lipinski definition) is 3. The second-order valence-corrected chi connectivity index (χ2v) is 7.05. The number of nitrogens with one attached hydrogen (secondary N) is 2. The zero-order valence-electron chi connectivity index (χ0n) is 10.2. The molecule has 1 saturated heterocycles. The number of hydrogen-bond donors (Lipinski definition) is 2. The lowest BCUT2D eigenvalue weighted by Crippen LogP contribution is -2.45. The molecule has 1 heterocycles. The Hall–Kier alpha value is -0.920. The first kappa shape index (κ1) is 14.5. The van der Waals surface area contributed by atoms with Crippen molar-refractivity contribution in [3.8, 4) is 0 Å². The minimum atomic E-state index is -3.67. The maximum atomic E-state index is 12.2. The number of carbonyl (C=O) groups is 1. The van der Waals surface area contributed by atoms with E-state index in [1.165, 1.54) is 12.1 Å². The zero-order chi connectivity index (χ0) is 13.9. The fraction of sp³-hybridized carbons (Fsp3) is 0.417. The predicted molar refractivity (Wildman–Crippen MR) is 75.1 cm³/mol. The lowest BCUT2D eigenvalue weighted by molar-refractivity contribution is -0.122. The van der Waals surface area contributed by atoms with Crippen LogP contribution in [0.4, 0.5) is 0 Å². The van der Waals surface area contributed by atoms with Crippen LogP contribution in [0.25, 0.3) is 0 Å². The van der Waals surface area contributed by atoms with Gasteiger partial charge in [0.15, 0.2) is 0 Å². The summed E-state index contributed by atoms with van der Waals surface area (Å²) >= 11 is 3.23. The van der Waals surface area contributed by atoms with Crippen LogP contribution >= 0.6 is 15.9 Å². The molecule has 5 nitrogen and oxygen atoms in total. The first-order valence-electron chi connectivity index (χ1n) is 6.05. The highest BCUT2D eigenvalue weighted by molar-refractivity contribution is 9.10. The van der Waals surface area contributed by atoms with Gasteiger partial charge in [0.2, 0.25) is 15.9 Å². The highest BCUT2D eigenvalue weighted by atomic mass is 79.9. The Labute approximate surface area is 121 Å². The van der Waals surface area contributed by atoms with Crippen LogP contribution in [-0.4, -0.2) is 26.9 Å². The summed E-state index contributed by atoms with van der Waals surface area (Å²) in [6.07, 6.45) is 2.23. The standard InChI is InChI=1S/C12H15BrN2O3S/c13-9-4-3-5-10(8-9)19(17,18)15-11-6-1-2-7-14-12(11)16/h3-5,8,11,15H,1-2,6-7H2,(H,14,16). The summed E-state index contributed by atoms with van der Waals surface area (Å²) in [5.74, 6) is -0.254. The van der Waals surface area contributed by atoms with Gasteiger partial charge in [-0.05, 0) is 37.5 Å². The Morgan fingerprint density at radius 2 is 2.11 bits per heavy atom. The summed E-state index contributed by atoms with van der Waals surface area (Å²) in [5, 5.41) is 2.70. The Kier molecular flexibility index (Phi) is 4.59. The molecule has 19 heavy (non-hydrogen) atoms. The van der Waals surface area contributed by atoms with Gasteiger partial charge in [0.05, 0.1) is 4.90 Å². The maximum absolute atomic E-state index is 12.2. The van der Waals surface area contributed by atoms with Crippen molar-refractivity contribution in [3.63, 3.8) is 0 Å². The first-order chi connectivity index (χ1) is 8.99. The monoisotopic (exact) mass is 346 g/mol. The molecule has 1 fully saturated rings. The van der Waals surface area contributed by atoms with Gasteiger partial charge < -0.3 is 5.32 Å². The van der Waals surface area contributed by atoms with Crippen molar-refractivity contribution in [2.75, 3.05) is 6.54 Å². The van der Waals surface area contributed by atoms with Gasteiger partial charge in [-0.1, -0.05) is 22.0 Å². The second kappa shape index (κ2) is 6.02. The average Bonchev–Trinajstić information content (AvgIpc) is 2.55. The maximum Gasteiger partial charge on any atom is 0.241 e. The van der Waals surface area contributed by atoms with Crippen LogP contribution in [0.2, 0.25) is 0 Å². The molecule has 1 aromatic carbocycles. The number of carbonyl (C=O) groups excluding carboxylic acids is 1. The number of benzene rings is 1. The van der Waals surface area contributed by atoms with Crippen molar-refractivity contribution < 1.29 is 13.2 Å². The number of amides is 1. The summed E-state index contributed by atoms with van der Waals surface area (Å²) in [6, 6.07) is 5.72. The van der Waals surface area contributed by atoms with E-state index in [4.69, 9.17) is 0 Å². The van der Waals surface area contributed by atoms with Crippen molar-refractivity contribution in [2.24, 2.45) is 0 Å². The van der Waals surface area contributed by atoms with E-state index in [2.05, 4.69) is 26.0 Å². The van der Waals surface area contributed by atoms with Gasteiger partial charge in [-0.25, -0.2) is 8.42 Å². The Balaban J connectivity index is 2.18. The van der Waals surface area contributed by atoms with Gasteiger partial charge >= 0.3 is 0 Å². The van der Waals surface area contributed by atoms with E-state index in [1.54, 1.807) is 12.1 Å². The van der Waals surface area contributed by atoms with Crippen molar-refractivity contribution in [1.82, 2.24) is 10.0 Å². The summed E-state index contributed by atoms with van der Waals surface area (Å²) in [7, 11) is -3.67. The van der Waals surface area contributed by atoms with Crippen LogP contribution in [0.1, 0.15) is 19.3 Å². The molecule has 2 rings (SSSR count). The highest BCUT2D eigenvalue weighted by Gasteiger charge is 2.26. The highest BCUT2D eigenvalue weighted by Crippen LogP contribution is 2.17. The fourth-order valence-electron chi connectivity index (χ4n) is 1.94. The summed E-state index contributed by atoms with van der Waals surface area (Å²) in [5.41, 5.74) is 0. The molecule has 0 bridgehead atoms. The molecule has 1 aromatic rings. The molecule has 0 saturated carbocycles. The molecule has 0 aliphatic carbocycles. The Bertz CT molecular complexity index is 574. The molecular formula is C12H15BrN2O3S. The molecule has 7 heteroatoms. The van der Waals surface area contributed by atoms with E-state index in [9.17, 15) is 13.2 Å². The average molecular weight is 347 g/mol. The van der Waals surface area contributed by atoms with Gasteiger partial charge in [-0.2, -0.15) is 4.72 Å². The molecule has 1 atom stereocenters. The quantitative estimate of drug-likeness (QED) is 0.868. The molecule has 1 amide bonds. The lowest BCUT2D eigenvalue weighted by atomic mass is 10.1. The van der Waals surface area contributed by atoms with Crippen LogP contribution in [0.3, 0.4) is 0 Å². The summed E-state index contributed by atoms with van der Waals surface area (Å²) < 4.78 is 27.5. The minimum absolute atomic E-state index is 0.152. The van der Waals surface area contributed by atoms with E-state index >= 15 is 0 Å². The van der Waals surface area contributed by atoms with Crippen molar-refractivity contribution in [3.05, 3.63) is 28.7 Å². The number of rotatable bonds is 3. The van der Waals surface area contributed by atoms with Crippen molar-refractivity contribution in [1.29, 1.82) is 0 Å². The van der Waals surface area contributed by atoms with Crippen molar-refractivity contribution >= 4 is 31.9 Å². The van der Waals surface area contributed by atoms with E-state index < -0.39 is 16.1 Å². The third-order valence-electron chi connectivity index (χ3n) is 2.94. The molecule has 1 unspecified atom stereocenters. The lowest BCUT2D eigenvalue weighted by Gasteiger charge is -2.15. The van der Waals surface area contributed by atoms with Crippen LogP contribution in [0.15, 0.2) is 33.6 Å². The number of halogens is 1. The van der Waals surface area contributed by atoms with Gasteiger partial charge in [0.1, 0.15) is 6.04 Å². The third-order valence-corrected chi connectivity index (χ3v) is 4.90.